The van der Waals surface area contributed by atoms with Gasteiger partial charge < -0.3 is 10.1 Å². The van der Waals surface area contributed by atoms with Gasteiger partial charge in [-0.1, -0.05) is 12.1 Å². The predicted octanol–water partition coefficient (Wildman–Crippen LogP) is 2.87. The van der Waals surface area contributed by atoms with Gasteiger partial charge in [0.1, 0.15) is 17.1 Å². The van der Waals surface area contributed by atoms with Gasteiger partial charge in [0.05, 0.1) is 18.9 Å². The fourth-order valence-corrected chi connectivity index (χ4v) is 1.75. The van der Waals surface area contributed by atoms with Crippen molar-refractivity contribution in [3.8, 4) is 23.1 Å². The number of para-hydroxylation sites is 1. The van der Waals surface area contributed by atoms with E-state index in [0.29, 0.717) is 5.82 Å². The van der Waals surface area contributed by atoms with Gasteiger partial charge in [0.15, 0.2) is 0 Å². The van der Waals surface area contributed by atoms with Gasteiger partial charge in [-0.3, -0.25) is 0 Å². The highest BCUT2D eigenvalue weighted by molar-refractivity contribution is 5.67. The molecule has 0 atom stereocenters. The second-order valence-corrected chi connectivity index (χ2v) is 4.87. The summed E-state index contributed by atoms with van der Waals surface area (Å²) >= 11 is 0. The zero-order chi connectivity index (χ0) is 14.6. The van der Waals surface area contributed by atoms with Gasteiger partial charge in [-0.25, -0.2) is 0 Å². The Balaban J connectivity index is 2.27. The maximum Gasteiger partial charge on any atom is 0.149 e. The van der Waals surface area contributed by atoms with Crippen molar-refractivity contribution in [1.82, 2.24) is 10.2 Å². The van der Waals surface area contributed by atoms with Crippen LogP contribution in [-0.4, -0.2) is 22.8 Å². The molecule has 102 valence electrons. The molecule has 0 radical (unpaired) electrons. The zero-order valence-corrected chi connectivity index (χ0v) is 11.7. The van der Waals surface area contributed by atoms with E-state index in [1.54, 1.807) is 27.0 Å². The highest BCUT2D eigenvalue weighted by atomic mass is 16.5. The van der Waals surface area contributed by atoms with Crippen LogP contribution in [-0.2, 0) is 0 Å². The average Bonchev–Trinajstić information content (AvgIpc) is 2.48. The molecule has 0 fully saturated rings. The average molecular weight is 268 g/mol. The van der Waals surface area contributed by atoms with E-state index >= 15 is 0 Å². The highest BCUT2D eigenvalue weighted by Gasteiger charge is 2.16. The van der Waals surface area contributed by atoms with Gasteiger partial charge in [0.2, 0.25) is 0 Å². The maximum absolute atomic E-state index is 8.98. The van der Waals surface area contributed by atoms with E-state index in [2.05, 4.69) is 21.6 Å². The number of hydrogen-bond acceptors (Lipinski definition) is 5. The van der Waals surface area contributed by atoms with Gasteiger partial charge >= 0.3 is 0 Å². The Hall–Kier alpha value is -2.61. The van der Waals surface area contributed by atoms with Crippen LogP contribution >= 0.6 is 0 Å². The molecule has 0 saturated carbocycles. The van der Waals surface area contributed by atoms with E-state index in [1.807, 2.05) is 30.3 Å². The maximum atomic E-state index is 8.98. The molecule has 1 aromatic heterocycles. The molecule has 0 saturated heterocycles. The van der Waals surface area contributed by atoms with E-state index in [9.17, 15) is 0 Å². The van der Waals surface area contributed by atoms with E-state index in [-0.39, 0.29) is 0 Å². The summed E-state index contributed by atoms with van der Waals surface area (Å²) in [7, 11) is 1.62. The Bertz CT molecular complexity index is 629. The van der Waals surface area contributed by atoms with E-state index < -0.39 is 5.54 Å². The third-order valence-corrected chi connectivity index (χ3v) is 2.77. The molecule has 1 heterocycles. The van der Waals surface area contributed by atoms with Crippen LogP contribution < -0.4 is 10.1 Å². The molecule has 0 bridgehead atoms. The first kappa shape index (κ1) is 13.8. The molecular weight excluding hydrogens is 252 g/mol. The third kappa shape index (κ3) is 3.04. The normalized spacial score (nSPS) is 10.7. The minimum Gasteiger partial charge on any atom is -0.496 e. The lowest BCUT2D eigenvalue weighted by Crippen LogP contribution is -2.29. The zero-order valence-electron chi connectivity index (χ0n) is 11.7. The first-order valence-electron chi connectivity index (χ1n) is 6.22. The molecule has 5 nitrogen and oxygen atoms in total. The number of methoxy groups -OCH3 is 1. The van der Waals surface area contributed by atoms with Crippen LogP contribution in [0.1, 0.15) is 13.8 Å². The van der Waals surface area contributed by atoms with Crippen LogP contribution in [0.4, 0.5) is 5.82 Å². The predicted molar refractivity (Wildman–Crippen MR) is 77.3 cm³/mol. The SMILES string of the molecule is COc1ccccc1-c1ccc(NC(C)(C)C#N)nn1. The lowest BCUT2D eigenvalue weighted by molar-refractivity contribution is 0.416. The van der Waals surface area contributed by atoms with Crippen molar-refractivity contribution in [2.24, 2.45) is 0 Å². The standard InChI is InChI=1S/C15H16N4O/c1-15(2,10-16)17-14-9-8-12(18-19-14)11-6-4-5-7-13(11)20-3/h4-9H,1-3H3,(H,17,19). The number of ether oxygens (including phenoxy) is 1. The minimum atomic E-state index is -0.680. The van der Waals surface area contributed by atoms with E-state index in [0.717, 1.165) is 17.0 Å². The van der Waals surface area contributed by atoms with Gasteiger partial charge in [-0.05, 0) is 38.1 Å². The summed E-state index contributed by atoms with van der Waals surface area (Å²) in [5.74, 6) is 1.31. The summed E-state index contributed by atoms with van der Waals surface area (Å²) in [6.07, 6.45) is 0. The number of anilines is 1. The summed E-state index contributed by atoms with van der Waals surface area (Å²) in [6, 6.07) is 13.4. The first-order chi connectivity index (χ1) is 9.55. The Kier molecular flexibility index (Phi) is 3.85. The topological polar surface area (TPSA) is 70.8 Å². The molecule has 0 unspecified atom stereocenters. The fourth-order valence-electron chi connectivity index (χ4n) is 1.75. The number of nitrogens with one attached hydrogen (secondary N) is 1. The summed E-state index contributed by atoms with van der Waals surface area (Å²) in [6.45, 7) is 3.56. The van der Waals surface area contributed by atoms with Crippen molar-refractivity contribution in [1.29, 1.82) is 5.26 Å². The molecule has 0 spiro atoms. The Morgan fingerprint density at radius 3 is 2.50 bits per heavy atom. The number of nitrogens with zero attached hydrogens (tertiary/aromatic N) is 3. The van der Waals surface area contributed by atoms with Crippen LogP contribution in [0.3, 0.4) is 0 Å². The summed E-state index contributed by atoms with van der Waals surface area (Å²) in [5.41, 5.74) is 0.928. The smallest absolute Gasteiger partial charge is 0.149 e. The van der Waals surface area contributed by atoms with Gasteiger partial charge in [-0.15, -0.1) is 10.2 Å². The molecule has 0 aliphatic rings. The number of nitriles is 1. The van der Waals surface area contributed by atoms with E-state index in [4.69, 9.17) is 10.00 Å². The number of hydrogen-bond donors (Lipinski definition) is 1. The van der Waals surface area contributed by atoms with Crippen LogP contribution in [0.15, 0.2) is 36.4 Å². The molecular formula is C15H16N4O. The minimum absolute atomic E-state index is 0.565. The van der Waals surface area contributed by atoms with E-state index in [1.165, 1.54) is 0 Å². The molecule has 5 heteroatoms. The second-order valence-electron chi connectivity index (χ2n) is 4.87. The fraction of sp³-hybridized carbons (Fsp3) is 0.267. The quantitative estimate of drug-likeness (QED) is 0.923. The van der Waals surface area contributed by atoms with Gasteiger partial charge in [0.25, 0.3) is 0 Å². The lowest BCUT2D eigenvalue weighted by Gasteiger charge is -2.17. The lowest BCUT2D eigenvalue weighted by atomic mass is 10.1. The summed E-state index contributed by atoms with van der Waals surface area (Å²) < 4.78 is 5.30. The third-order valence-electron chi connectivity index (χ3n) is 2.77. The summed E-state index contributed by atoms with van der Waals surface area (Å²) in [4.78, 5) is 0. The first-order valence-corrected chi connectivity index (χ1v) is 6.22. The Morgan fingerprint density at radius 1 is 1.15 bits per heavy atom. The monoisotopic (exact) mass is 268 g/mol. The number of benzene rings is 1. The molecule has 1 N–H and O–H groups in total. The van der Waals surface area contributed by atoms with Crippen LogP contribution in [0.2, 0.25) is 0 Å². The van der Waals surface area contributed by atoms with Crippen molar-refractivity contribution in [3.63, 3.8) is 0 Å². The molecule has 0 aliphatic carbocycles. The molecule has 1 aromatic carbocycles. The van der Waals surface area contributed by atoms with Gasteiger partial charge in [-0.2, -0.15) is 5.26 Å². The molecule has 0 aliphatic heterocycles. The molecule has 2 rings (SSSR count). The van der Waals surface area contributed by atoms with Crippen LogP contribution in [0.5, 0.6) is 5.75 Å². The summed E-state index contributed by atoms with van der Waals surface area (Å²) in [5, 5.41) is 20.3. The Morgan fingerprint density at radius 2 is 1.90 bits per heavy atom. The number of aromatic nitrogens is 2. The largest absolute Gasteiger partial charge is 0.496 e. The Labute approximate surface area is 118 Å². The van der Waals surface area contributed by atoms with Crippen molar-refractivity contribution in [3.05, 3.63) is 36.4 Å². The molecule has 20 heavy (non-hydrogen) atoms. The van der Waals surface area contributed by atoms with Crippen molar-refractivity contribution < 1.29 is 4.74 Å². The van der Waals surface area contributed by atoms with Crippen molar-refractivity contribution in [2.45, 2.75) is 19.4 Å². The molecule has 0 amide bonds. The van der Waals surface area contributed by atoms with Gasteiger partial charge in [0, 0.05) is 5.56 Å². The second kappa shape index (κ2) is 5.57. The van der Waals surface area contributed by atoms with Crippen molar-refractivity contribution >= 4 is 5.82 Å². The van der Waals surface area contributed by atoms with Crippen LogP contribution in [0.25, 0.3) is 11.3 Å². The number of rotatable bonds is 4. The molecule has 2 aromatic rings. The highest BCUT2D eigenvalue weighted by Crippen LogP contribution is 2.27. The van der Waals surface area contributed by atoms with Crippen LogP contribution in [0, 0.1) is 11.3 Å². The van der Waals surface area contributed by atoms with Crippen molar-refractivity contribution in [2.75, 3.05) is 12.4 Å².